The minimum Gasteiger partial charge on any atom is -0.381 e. The topological polar surface area (TPSA) is 52.3 Å². The molecule has 0 spiro atoms. The molecule has 2 rings (SSSR count). The number of ketones is 1. The van der Waals surface area contributed by atoms with Gasteiger partial charge in [0.1, 0.15) is 5.82 Å². The van der Waals surface area contributed by atoms with Crippen LogP contribution in [-0.2, 0) is 16.0 Å². The summed E-state index contributed by atoms with van der Waals surface area (Å²) in [7, 11) is 0. The fourth-order valence-corrected chi connectivity index (χ4v) is 2.24. The Balaban J connectivity index is 2.13. The fraction of sp³-hybridized carbons (Fsp3) is 0.462. The summed E-state index contributed by atoms with van der Waals surface area (Å²) >= 11 is 5.79. The molecule has 1 aromatic rings. The lowest BCUT2D eigenvalue weighted by Gasteiger charge is -2.31. The van der Waals surface area contributed by atoms with Crippen molar-refractivity contribution in [1.82, 2.24) is 0 Å². The van der Waals surface area contributed by atoms with Crippen LogP contribution in [0.25, 0.3) is 0 Å². The molecular weight excluding hydrogens is 257 g/mol. The minimum absolute atomic E-state index is 0.0249. The first kappa shape index (κ1) is 13.5. The third kappa shape index (κ3) is 2.88. The molecule has 2 N–H and O–H groups in total. The quantitative estimate of drug-likeness (QED) is 0.916. The van der Waals surface area contributed by atoms with Gasteiger partial charge in [0.25, 0.3) is 0 Å². The Morgan fingerprint density at radius 2 is 2.11 bits per heavy atom. The standard InChI is InChI=1S/C13H15ClFNO2/c14-10-1-2-11(15)9(7-10)8-12(17)13(16)3-5-18-6-4-13/h1-2,7H,3-6,8,16H2. The lowest BCUT2D eigenvalue weighted by atomic mass is 9.84. The molecule has 0 saturated carbocycles. The monoisotopic (exact) mass is 271 g/mol. The van der Waals surface area contributed by atoms with Crippen LogP contribution in [0, 0.1) is 5.82 Å². The SMILES string of the molecule is NC1(C(=O)Cc2cc(Cl)ccc2F)CCOCC1. The van der Waals surface area contributed by atoms with Gasteiger partial charge in [-0.2, -0.15) is 0 Å². The molecule has 0 atom stereocenters. The molecule has 98 valence electrons. The smallest absolute Gasteiger partial charge is 0.157 e. The van der Waals surface area contributed by atoms with Crippen molar-refractivity contribution in [3.05, 3.63) is 34.6 Å². The number of Topliss-reactive ketones (excluding diaryl/α,β-unsaturated/α-hetero) is 1. The van der Waals surface area contributed by atoms with E-state index >= 15 is 0 Å². The first-order chi connectivity index (χ1) is 8.51. The van der Waals surface area contributed by atoms with Crippen LogP contribution in [0.15, 0.2) is 18.2 Å². The van der Waals surface area contributed by atoms with Gasteiger partial charge in [-0.15, -0.1) is 0 Å². The molecule has 1 saturated heterocycles. The highest BCUT2D eigenvalue weighted by Gasteiger charge is 2.35. The Morgan fingerprint density at radius 1 is 1.44 bits per heavy atom. The second kappa shape index (κ2) is 5.34. The van der Waals surface area contributed by atoms with E-state index in [4.69, 9.17) is 22.1 Å². The van der Waals surface area contributed by atoms with E-state index in [-0.39, 0.29) is 12.2 Å². The Labute approximate surface area is 110 Å². The van der Waals surface area contributed by atoms with Gasteiger partial charge < -0.3 is 10.5 Å². The fourth-order valence-electron chi connectivity index (χ4n) is 2.04. The number of carbonyl (C=O) groups is 1. The van der Waals surface area contributed by atoms with Crippen molar-refractivity contribution in [2.45, 2.75) is 24.8 Å². The van der Waals surface area contributed by atoms with E-state index in [1.54, 1.807) is 0 Å². The van der Waals surface area contributed by atoms with Crippen molar-refractivity contribution in [2.24, 2.45) is 5.73 Å². The summed E-state index contributed by atoms with van der Waals surface area (Å²) in [6.45, 7) is 0.945. The lowest BCUT2D eigenvalue weighted by molar-refractivity contribution is -0.126. The van der Waals surface area contributed by atoms with Gasteiger partial charge in [-0.3, -0.25) is 4.79 Å². The number of ether oxygens (including phenoxy) is 1. The molecule has 3 nitrogen and oxygen atoms in total. The zero-order chi connectivity index (χ0) is 13.2. The minimum atomic E-state index is -0.896. The molecule has 1 heterocycles. The summed E-state index contributed by atoms with van der Waals surface area (Å²) < 4.78 is 18.7. The Morgan fingerprint density at radius 3 is 2.78 bits per heavy atom. The highest BCUT2D eigenvalue weighted by atomic mass is 35.5. The third-order valence-electron chi connectivity index (χ3n) is 3.30. The molecule has 1 aliphatic rings. The molecule has 5 heteroatoms. The second-order valence-corrected chi connectivity index (χ2v) is 5.04. The molecule has 0 radical (unpaired) electrons. The van der Waals surface area contributed by atoms with Crippen LogP contribution >= 0.6 is 11.6 Å². The number of benzene rings is 1. The van der Waals surface area contributed by atoms with Crippen molar-refractivity contribution in [1.29, 1.82) is 0 Å². The summed E-state index contributed by atoms with van der Waals surface area (Å²) in [6.07, 6.45) is 0.935. The first-order valence-electron chi connectivity index (χ1n) is 5.85. The van der Waals surface area contributed by atoms with Crippen molar-refractivity contribution in [3.63, 3.8) is 0 Å². The number of hydrogen-bond donors (Lipinski definition) is 1. The predicted molar refractivity (Wildman–Crippen MR) is 67.1 cm³/mol. The van der Waals surface area contributed by atoms with Crippen LogP contribution in [0.4, 0.5) is 4.39 Å². The molecule has 1 aromatic carbocycles. The van der Waals surface area contributed by atoms with Crippen LogP contribution in [-0.4, -0.2) is 24.5 Å². The first-order valence-corrected chi connectivity index (χ1v) is 6.23. The van der Waals surface area contributed by atoms with Gasteiger partial charge >= 0.3 is 0 Å². The zero-order valence-corrected chi connectivity index (χ0v) is 10.7. The average molecular weight is 272 g/mol. The summed E-state index contributed by atoms with van der Waals surface area (Å²) in [5.74, 6) is -0.588. The third-order valence-corrected chi connectivity index (χ3v) is 3.53. The van der Waals surface area contributed by atoms with Crippen molar-refractivity contribution in [3.8, 4) is 0 Å². The van der Waals surface area contributed by atoms with Crippen molar-refractivity contribution in [2.75, 3.05) is 13.2 Å². The maximum absolute atomic E-state index is 13.5. The van der Waals surface area contributed by atoms with Gasteiger partial charge in [0, 0.05) is 24.7 Å². The van der Waals surface area contributed by atoms with E-state index in [9.17, 15) is 9.18 Å². The van der Waals surface area contributed by atoms with E-state index in [1.165, 1.54) is 18.2 Å². The Hall–Kier alpha value is -0.970. The molecule has 0 bridgehead atoms. The van der Waals surface area contributed by atoms with Crippen LogP contribution in [0.2, 0.25) is 5.02 Å². The summed E-state index contributed by atoms with van der Waals surface area (Å²) in [5.41, 5.74) is 5.45. The van der Waals surface area contributed by atoms with Crippen LogP contribution in [0.1, 0.15) is 18.4 Å². The summed E-state index contributed by atoms with van der Waals surface area (Å²) in [4.78, 5) is 12.2. The van der Waals surface area contributed by atoms with Gasteiger partial charge in [-0.25, -0.2) is 4.39 Å². The number of hydrogen-bond acceptors (Lipinski definition) is 3. The maximum Gasteiger partial charge on any atom is 0.157 e. The lowest BCUT2D eigenvalue weighted by Crippen LogP contribution is -2.52. The maximum atomic E-state index is 13.5. The van der Waals surface area contributed by atoms with Gasteiger partial charge in [-0.05, 0) is 36.6 Å². The summed E-state index contributed by atoms with van der Waals surface area (Å²) in [5, 5.41) is 0.414. The van der Waals surface area contributed by atoms with E-state index in [0.717, 1.165) is 0 Å². The van der Waals surface area contributed by atoms with Gasteiger partial charge in [0.15, 0.2) is 5.78 Å². The second-order valence-electron chi connectivity index (χ2n) is 4.60. The largest absolute Gasteiger partial charge is 0.381 e. The zero-order valence-electron chi connectivity index (χ0n) is 9.92. The highest BCUT2D eigenvalue weighted by molar-refractivity contribution is 6.30. The van der Waals surface area contributed by atoms with E-state index in [0.29, 0.717) is 36.6 Å². The Bertz CT molecular complexity index is 458. The van der Waals surface area contributed by atoms with Gasteiger partial charge in [0.05, 0.1) is 5.54 Å². The van der Waals surface area contributed by atoms with Crippen molar-refractivity contribution >= 4 is 17.4 Å². The molecule has 0 aromatic heterocycles. The normalized spacial score (nSPS) is 18.6. The predicted octanol–water partition coefficient (Wildman–Crippen LogP) is 2.10. The Kier molecular flexibility index (Phi) is 4.00. The molecule has 18 heavy (non-hydrogen) atoms. The molecule has 0 amide bonds. The van der Waals surface area contributed by atoms with Gasteiger partial charge in [0.2, 0.25) is 0 Å². The number of rotatable bonds is 3. The summed E-state index contributed by atoms with van der Waals surface area (Å²) in [6, 6.07) is 4.19. The number of carbonyl (C=O) groups excluding carboxylic acids is 1. The highest BCUT2D eigenvalue weighted by Crippen LogP contribution is 2.22. The van der Waals surface area contributed by atoms with E-state index < -0.39 is 11.4 Å². The van der Waals surface area contributed by atoms with Crippen molar-refractivity contribution < 1.29 is 13.9 Å². The molecule has 0 unspecified atom stereocenters. The van der Waals surface area contributed by atoms with E-state index in [2.05, 4.69) is 0 Å². The van der Waals surface area contributed by atoms with Gasteiger partial charge in [-0.1, -0.05) is 11.6 Å². The average Bonchev–Trinajstić information content (AvgIpc) is 2.35. The number of nitrogens with two attached hydrogens (primary N) is 1. The van der Waals surface area contributed by atoms with Crippen LogP contribution in [0.3, 0.4) is 0 Å². The molecular formula is C13H15ClFNO2. The van der Waals surface area contributed by atoms with Crippen LogP contribution in [0.5, 0.6) is 0 Å². The molecule has 1 aliphatic heterocycles. The molecule has 0 aliphatic carbocycles. The molecule has 1 fully saturated rings. The van der Waals surface area contributed by atoms with Crippen LogP contribution < -0.4 is 5.73 Å². The van der Waals surface area contributed by atoms with E-state index in [1.807, 2.05) is 0 Å². The number of halogens is 2.